The maximum Gasteiger partial charge on any atom is 0.335 e. The van der Waals surface area contributed by atoms with E-state index in [1.807, 2.05) is 42.5 Å². The van der Waals surface area contributed by atoms with E-state index in [1.54, 1.807) is 30.3 Å². The third-order valence-corrected chi connectivity index (χ3v) is 3.90. The van der Waals surface area contributed by atoms with E-state index in [0.717, 1.165) is 11.3 Å². The minimum absolute atomic E-state index is 0.265. The molecular weight excluding hydrogens is 338 g/mol. The summed E-state index contributed by atoms with van der Waals surface area (Å²) in [4.78, 5) is 10.9. The van der Waals surface area contributed by atoms with Crippen LogP contribution in [-0.2, 0) is 6.54 Å². The van der Waals surface area contributed by atoms with Crippen LogP contribution >= 0.6 is 11.6 Å². The number of hydrogen-bond acceptors (Lipinski definition) is 3. The lowest BCUT2D eigenvalue weighted by Crippen LogP contribution is -2.01. The first-order valence-electron chi connectivity index (χ1n) is 7.70. The molecule has 0 atom stereocenters. The average Bonchev–Trinajstić information content (AvgIpc) is 2.63. The molecule has 25 heavy (non-hydrogen) atoms. The number of anilines is 1. The Morgan fingerprint density at radius 1 is 1.00 bits per heavy atom. The number of benzene rings is 3. The molecule has 3 aromatic rings. The molecule has 0 saturated heterocycles. The number of ether oxygens (including phenoxy) is 1. The number of para-hydroxylation sites is 1. The molecule has 4 nitrogen and oxygen atoms in total. The van der Waals surface area contributed by atoms with Gasteiger partial charge in [0.15, 0.2) is 0 Å². The maximum atomic E-state index is 10.9. The summed E-state index contributed by atoms with van der Waals surface area (Å²) in [7, 11) is 0. The zero-order valence-corrected chi connectivity index (χ0v) is 14.0. The van der Waals surface area contributed by atoms with Gasteiger partial charge in [-0.15, -0.1) is 0 Å². The van der Waals surface area contributed by atoms with E-state index in [-0.39, 0.29) is 5.56 Å². The predicted octanol–water partition coefficient (Wildman–Crippen LogP) is 5.44. The quantitative estimate of drug-likeness (QED) is 0.619. The lowest BCUT2D eigenvalue weighted by atomic mass is 10.2. The van der Waals surface area contributed by atoms with Crippen LogP contribution in [0.4, 0.5) is 5.69 Å². The van der Waals surface area contributed by atoms with Crippen LogP contribution in [-0.4, -0.2) is 11.1 Å². The first-order chi connectivity index (χ1) is 12.1. The van der Waals surface area contributed by atoms with E-state index in [4.69, 9.17) is 21.4 Å². The van der Waals surface area contributed by atoms with E-state index in [9.17, 15) is 4.79 Å². The molecule has 0 aliphatic rings. The fraction of sp³-hybridized carbons (Fsp3) is 0.0500. The SMILES string of the molecule is O=C(O)c1ccc(NCc2cccc(Oc3ccccc3Cl)c2)cc1. The van der Waals surface area contributed by atoms with Gasteiger partial charge >= 0.3 is 5.97 Å². The van der Waals surface area contributed by atoms with Crippen LogP contribution in [0.25, 0.3) is 0 Å². The highest BCUT2D eigenvalue weighted by molar-refractivity contribution is 6.32. The zero-order valence-electron chi connectivity index (χ0n) is 13.3. The van der Waals surface area contributed by atoms with Crippen molar-refractivity contribution < 1.29 is 14.6 Å². The Morgan fingerprint density at radius 2 is 1.76 bits per heavy atom. The number of nitrogens with one attached hydrogen (secondary N) is 1. The second-order valence-electron chi connectivity index (χ2n) is 5.42. The molecule has 0 aliphatic heterocycles. The van der Waals surface area contributed by atoms with Crippen molar-refractivity contribution in [3.8, 4) is 11.5 Å². The van der Waals surface area contributed by atoms with Gasteiger partial charge in [0.05, 0.1) is 10.6 Å². The van der Waals surface area contributed by atoms with Gasteiger partial charge in [-0.05, 0) is 54.1 Å². The van der Waals surface area contributed by atoms with Gasteiger partial charge in [0.1, 0.15) is 11.5 Å². The highest BCUT2D eigenvalue weighted by Crippen LogP contribution is 2.29. The first kappa shape index (κ1) is 16.9. The van der Waals surface area contributed by atoms with Gasteiger partial charge in [-0.1, -0.05) is 35.9 Å². The summed E-state index contributed by atoms with van der Waals surface area (Å²) in [6.07, 6.45) is 0. The molecule has 0 spiro atoms. The fourth-order valence-electron chi connectivity index (χ4n) is 2.31. The molecule has 0 amide bonds. The first-order valence-corrected chi connectivity index (χ1v) is 8.08. The van der Waals surface area contributed by atoms with Gasteiger partial charge in [-0.3, -0.25) is 0 Å². The minimum atomic E-state index is -0.934. The normalized spacial score (nSPS) is 10.3. The molecular formula is C20H16ClNO3. The largest absolute Gasteiger partial charge is 0.478 e. The molecule has 0 unspecified atom stereocenters. The molecule has 3 rings (SSSR count). The summed E-state index contributed by atoms with van der Waals surface area (Å²) >= 11 is 6.11. The van der Waals surface area contributed by atoms with Crippen molar-refractivity contribution in [3.63, 3.8) is 0 Å². The van der Waals surface area contributed by atoms with E-state index in [0.29, 0.717) is 23.1 Å². The number of carboxylic acid groups (broad SMARTS) is 1. The molecule has 5 heteroatoms. The van der Waals surface area contributed by atoms with E-state index in [1.165, 1.54) is 0 Å². The molecule has 0 aromatic heterocycles. The smallest absolute Gasteiger partial charge is 0.335 e. The van der Waals surface area contributed by atoms with Crippen LogP contribution in [0, 0.1) is 0 Å². The number of halogens is 1. The number of carboxylic acids is 1. The van der Waals surface area contributed by atoms with Crippen LogP contribution < -0.4 is 10.1 Å². The topological polar surface area (TPSA) is 58.6 Å². The van der Waals surface area contributed by atoms with Gasteiger partial charge in [0.2, 0.25) is 0 Å². The Labute approximate surface area is 150 Å². The Morgan fingerprint density at radius 3 is 2.48 bits per heavy atom. The standard InChI is InChI=1S/C20H16ClNO3/c21-18-6-1-2-7-19(18)25-17-5-3-4-14(12-17)13-22-16-10-8-15(9-11-16)20(23)24/h1-12,22H,13H2,(H,23,24). The highest BCUT2D eigenvalue weighted by atomic mass is 35.5. The van der Waals surface area contributed by atoms with Gasteiger partial charge in [0.25, 0.3) is 0 Å². The van der Waals surface area contributed by atoms with Crippen LogP contribution in [0.3, 0.4) is 0 Å². The van der Waals surface area contributed by atoms with E-state index >= 15 is 0 Å². The van der Waals surface area contributed by atoms with Crippen LogP contribution in [0.5, 0.6) is 11.5 Å². The number of carbonyl (C=O) groups is 1. The van der Waals surface area contributed by atoms with Crippen molar-refractivity contribution in [2.45, 2.75) is 6.54 Å². The minimum Gasteiger partial charge on any atom is -0.478 e. The molecule has 0 radical (unpaired) electrons. The van der Waals surface area contributed by atoms with E-state index in [2.05, 4.69) is 5.32 Å². The lowest BCUT2D eigenvalue weighted by Gasteiger charge is -2.10. The van der Waals surface area contributed by atoms with Gasteiger partial charge in [-0.25, -0.2) is 4.79 Å². The Kier molecular flexibility index (Phi) is 5.21. The molecule has 126 valence electrons. The van der Waals surface area contributed by atoms with Crippen molar-refractivity contribution in [2.24, 2.45) is 0 Å². The number of aromatic carboxylic acids is 1. The van der Waals surface area contributed by atoms with Gasteiger partial charge in [0, 0.05) is 12.2 Å². The molecule has 0 aliphatic carbocycles. The fourth-order valence-corrected chi connectivity index (χ4v) is 2.48. The van der Waals surface area contributed by atoms with Gasteiger partial charge < -0.3 is 15.2 Å². The summed E-state index contributed by atoms with van der Waals surface area (Å²) < 4.78 is 5.82. The Hall–Kier alpha value is -2.98. The van der Waals surface area contributed by atoms with Crippen LogP contribution in [0.1, 0.15) is 15.9 Å². The van der Waals surface area contributed by atoms with Gasteiger partial charge in [-0.2, -0.15) is 0 Å². The summed E-state index contributed by atoms with van der Waals surface area (Å²) in [5.41, 5.74) is 2.15. The average molecular weight is 354 g/mol. The third kappa shape index (κ3) is 4.52. The Balaban J connectivity index is 1.65. The summed E-state index contributed by atoms with van der Waals surface area (Å²) in [6, 6.07) is 21.6. The second-order valence-corrected chi connectivity index (χ2v) is 5.82. The molecule has 0 bridgehead atoms. The van der Waals surface area contributed by atoms with Crippen molar-refractivity contribution in [3.05, 3.63) is 88.9 Å². The summed E-state index contributed by atoms with van der Waals surface area (Å²) in [6.45, 7) is 0.589. The van der Waals surface area contributed by atoms with E-state index < -0.39 is 5.97 Å². The molecule has 0 saturated carbocycles. The highest BCUT2D eigenvalue weighted by Gasteiger charge is 2.04. The number of hydrogen-bond donors (Lipinski definition) is 2. The molecule has 0 fully saturated rings. The van der Waals surface area contributed by atoms with Crippen LogP contribution in [0.15, 0.2) is 72.8 Å². The second kappa shape index (κ2) is 7.73. The summed E-state index contributed by atoms with van der Waals surface area (Å²) in [5, 5.41) is 12.7. The summed E-state index contributed by atoms with van der Waals surface area (Å²) in [5.74, 6) is 0.378. The molecule has 3 aromatic carbocycles. The predicted molar refractivity (Wildman–Crippen MR) is 98.7 cm³/mol. The van der Waals surface area contributed by atoms with Crippen LogP contribution in [0.2, 0.25) is 5.02 Å². The molecule has 2 N–H and O–H groups in total. The Bertz CT molecular complexity index is 878. The third-order valence-electron chi connectivity index (χ3n) is 3.59. The van der Waals surface area contributed by atoms with Crippen molar-refractivity contribution in [1.29, 1.82) is 0 Å². The lowest BCUT2D eigenvalue weighted by molar-refractivity contribution is 0.0697. The van der Waals surface area contributed by atoms with Crippen molar-refractivity contribution >= 4 is 23.3 Å². The monoisotopic (exact) mass is 353 g/mol. The zero-order chi connectivity index (χ0) is 17.6. The van der Waals surface area contributed by atoms with Crippen molar-refractivity contribution in [2.75, 3.05) is 5.32 Å². The molecule has 0 heterocycles. The maximum absolute atomic E-state index is 10.9. The number of rotatable bonds is 6. The van der Waals surface area contributed by atoms with Crippen molar-refractivity contribution in [1.82, 2.24) is 0 Å².